The van der Waals surface area contributed by atoms with Crippen LogP contribution in [0.4, 0.5) is 4.79 Å². The van der Waals surface area contributed by atoms with Crippen molar-refractivity contribution in [1.29, 1.82) is 0 Å². The Morgan fingerprint density at radius 1 is 1.07 bits per heavy atom. The van der Waals surface area contributed by atoms with Gasteiger partial charge in [-0.05, 0) is 46.5 Å². The minimum absolute atomic E-state index is 0.0213. The largest absolute Gasteiger partial charge is 0.448 e. The number of hydrogen-bond acceptors (Lipinski definition) is 4. The van der Waals surface area contributed by atoms with Crippen LogP contribution in [0.3, 0.4) is 0 Å². The second-order valence-corrected chi connectivity index (χ2v) is 8.31. The van der Waals surface area contributed by atoms with Crippen LogP contribution in [0.15, 0.2) is 53.6 Å². The monoisotopic (exact) mass is 404 g/mol. The lowest BCUT2D eigenvalue weighted by Gasteiger charge is -2.47. The number of azide groups is 1. The number of nitrogens with zero attached hydrogens (tertiary/aromatic N) is 4. The maximum absolute atomic E-state index is 13.1. The zero-order valence-corrected chi connectivity index (χ0v) is 16.7. The van der Waals surface area contributed by atoms with Crippen LogP contribution in [0.2, 0.25) is 0 Å². The number of ether oxygens (including phenoxy) is 2. The van der Waals surface area contributed by atoms with Gasteiger partial charge >= 0.3 is 6.09 Å². The van der Waals surface area contributed by atoms with Crippen LogP contribution in [0.25, 0.3) is 21.6 Å². The van der Waals surface area contributed by atoms with E-state index in [1.54, 1.807) is 0 Å². The number of amides is 1. The Bertz CT molecular complexity index is 944. The molecule has 2 fully saturated rings. The highest BCUT2D eigenvalue weighted by atomic mass is 16.6. The molecule has 2 bridgehead atoms. The Balaban J connectivity index is 1.30. The molecule has 2 unspecified atom stereocenters. The van der Waals surface area contributed by atoms with Crippen LogP contribution < -0.4 is 0 Å². The second-order valence-electron chi connectivity index (χ2n) is 8.31. The summed E-state index contributed by atoms with van der Waals surface area (Å²) in [6.07, 6.45) is 1.29. The van der Waals surface area contributed by atoms with Gasteiger partial charge in [-0.25, -0.2) is 4.79 Å². The summed E-state index contributed by atoms with van der Waals surface area (Å²) < 4.78 is 11.6. The number of benzene rings is 2. The van der Waals surface area contributed by atoms with Crippen LogP contribution in [0.5, 0.6) is 0 Å². The molecule has 7 heteroatoms. The van der Waals surface area contributed by atoms with Gasteiger partial charge in [0, 0.05) is 17.4 Å². The summed E-state index contributed by atoms with van der Waals surface area (Å²) in [5, 5.41) is 3.73. The van der Waals surface area contributed by atoms with Gasteiger partial charge in [0.15, 0.2) is 0 Å². The fraction of sp³-hybridized carbons (Fsp3) is 0.435. The molecule has 0 radical (unpaired) electrons. The van der Waals surface area contributed by atoms with Crippen molar-refractivity contribution in [2.75, 3.05) is 26.4 Å². The van der Waals surface area contributed by atoms with Crippen molar-refractivity contribution in [3.8, 4) is 11.1 Å². The Morgan fingerprint density at radius 2 is 1.67 bits per heavy atom. The van der Waals surface area contributed by atoms with Crippen molar-refractivity contribution in [3.63, 3.8) is 0 Å². The van der Waals surface area contributed by atoms with Crippen molar-refractivity contribution in [2.24, 2.45) is 11.0 Å². The van der Waals surface area contributed by atoms with Crippen LogP contribution in [0.1, 0.15) is 29.9 Å². The molecule has 1 aliphatic carbocycles. The summed E-state index contributed by atoms with van der Waals surface area (Å²) in [6.45, 7) is 1.81. The van der Waals surface area contributed by atoms with Gasteiger partial charge in [-0.1, -0.05) is 53.6 Å². The van der Waals surface area contributed by atoms with E-state index in [1.807, 2.05) is 29.2 Å². The SMILES string of the molecule is [N-]=[N+]=NCC1CC2COCC(C1)N2C(=O)OCC1c2ccccc2-c2ccccc21. The van der Waals surface area contributed by atoms with E-state index in [4.69, 9.17) is 15.0 Å². The third-order valence-corrected chi connectivity index (χ3v) is 6.57. The first kappa shape index (κ1) is 19.0. The maximum Gasteiger partial charge on any atom is 0.410 e. The first-order valence-electron chi connectivity index (χ1n) is 10.5. The van der Waals surface area contributed by atoms with E-state index >= 15 is 0 Å². The van der Waals surface area contributed by atoms with Crippen molar-refractivity contribution in [2.45, 2.75) is 30.8 Å². The summed E-state index contributed by atoms with van der Waals surface area (Å²) >= 11 is 0. The van der Waals surface area contributed by atoms with Crippen LogP contribution in [-0.4, -0.2) is 49.4 Å². The van der Waals surface area contributed by atoms with Crippen molar-refractivity contribution in [3.05, 3.63) is 70.1 Å². The minimum Gasteiger partial charge on any atom is -0.448 e. The third kappa shape index (κ3) is 3.30. The molecule has 0 spiro atoms. The molecule has 154 valence electrons. The van der Waals surface area contributed by atoms with E-state index in [2.05, 4.69) is 34.3 Å². The molecule has 2 heterocycles. The van der Waals surface area contributed by atoms with E-state index in [1.165, 1.54) is 22.3 Å². The van der Waals surface area contributed by atoms with Gasteiger partial charge in [-0.15, -0.1) is 0 Å². The van der Waals surface area contributed by atoms with Crippen LogP contribution in [0, 0.1) is 5.92 Å². The molecular formula is C23H24N4O3. The topological polar surface area (TPSA) is 87.5 Å². The molecule has 1 amide bonds. The standard InChI is InChI=1S/C23H24N4O3/c24-26-25-11-15-9-16-12-29-13-17(10-15)27(16)23(28)30-14-22-20-7-3-1-5-18(20)19-6-2-4-8-21(19)22/h1-8,15-17,22H,9-14H2. The Labute approximate surface area is 175 Å². The Morgan fingerprint density at radius 3 is 2.27 bits per heavy atom. The van der Waals surface area contributed by atoms with Gasteiger partial charge in [0.2, 0.25) is 0 Å². The first-order valence-corrected chi connectivity index (χ1v) is 10.5. The number of morpholine rings is 1. The fourth-order valence-corrected chi connectivity index (χ4v) is 5.30. The zero-order valence-electron chi connectivity index (χ0n) is 16.7. The lowest BCUT2D eigenvalue weighted by Crippen LogP contribution is -2.59. The van der Waals surface area contributed by atoms with Crippen molar-refractivity contribution in [1.82, 2.24) is 4.90 Å². The Kier molecular flexibility index (Phi) is 5.07. The van der Waals surface area contributed by atoms with Crippen molar-refractivity contribution < 1.29 is 14.3 Å². The smallest absolute Gasteiger partial charge is 0.410 e. The van der Waals surface area contributed by atoms with Gasteiger partial charge in [0.05, 0.1) is 25.3 Å². The molecular weight excluding hydrogens is 380 g/mol. The molecule has 2 saturated heterocycles. The molecule has 5 rings (SSSR count). The molecule has 0 N–H and O–H groups in total. The lowest BCUT2D eigenvalue weighted by molar-refractivity contribution is -0.0775. The quantitative estimate of drug-likeness (QED) is 0.419. The fourth-order valence-electron chi connectivity index (χ4n) is 5.30. The van der Waals surface area contributed by atoms with Gasteiger partial charge in [-0.3, -0.25) is 4.90 Å². The van der Waals surface area contributed by atoms with Crippen LogP contribution >= 0.6 is 0 Å². The van der Waals surface area contributed by atoms with E-state index < -0.39 is 0 Å². The van der Waals surface area contributed by atoms with E-state index in [-0.39, 0.29) is 30.0 Å². The van der Waals surface area contributed by atoms with Gasteiger partial charge in [-0.2, -0.15) is 0 Å². The summed E-state index contributed by atoms with van der Waals surface area (Å²) in [7, 11) is 0. The zero-order chi connectivity index (χ0) is 20.5. The molecule has 2 aliphatic heterocycles. The van der Waals surface area contributed by atoms with Gasteiger partial charge < -0.3 is 9.47 Å². The highest BCUT2D eigenvalue weighted by Gasteiger charge is 2.42. The summed E-state index contributed by atoms with van der Waals surface area (Å²) in [5.41, 5.74) is 13.5. The number of hydrogen-bond donors (Lipinski definition) is 0. The highest BCUT2D eigenvalue weighted by molar-refractivity contribution is 5.79. The average Bonchev–Trinajstić information content (AvgIpc) is 3.09. The maximum atomic E-state index is 13.1. The summed E-state index contributed by atoms with van der Waals surface area (Å²) in [4.78, 5) is 17.8. The van der Waals surface area contributed by atoms with Gasteiger partial charge in [0.25, 0.3) is 0 Å². The first-order chi connectivity index (χ1) is 14.8. The number of carbonyl (C=O) groups is 1. The van der Waals surface area contributed by atoms with E-state index in [0.29, 0.717) is 26.4 Å². The highest BCUT2D eigenvalue weighted by Crippen LogP contribution is 2.44. The molecule has 0 saturated carbocycles. The molecule has 0 aromatic heterocycles. The molecule has 3 aliphatic rings. The van der Waals surface area contributed by atoms with Crippen LogP contribution in [-0.2, 0) is 9.47 Å². The predicted octanol–water partition coefficient (Wildman–Crippen LogP) is 4.73. The molecule has 2 aromatic rings. The lowest BCUT2D eigenvalue weighted by atomic mass is 9.85. The number of carbonyl (C=O) groups excluding carboxylic acids is 1. The number of rotatable bonds is 4. The third-order valence-electron chi connectivity index (χ3n) is 6.57. The molecule has 2 aromatic carbocycles. The minimum atomic E-state index is -0.266. The van der Waals surface area contributed by atoms with Gasteiger partial charge in [0.1, 0.15) is 6.61 Å². The second kappa shape index (κ2) is 8.01. The summed E-state index contributed by atoms with van der Waals surface area (Å²) in [6, 6.07) is 16.6. The Hall–Kier alpha value is -3.02. The molecule has 30 heavy (non-hydrogen) atoms. The summed E-state index contributed by atoms with van der Waals surface area (Å²) in [5.74, 6) is 0.345. The number of piperidine rings is 1. The number of fused-ring (bicyclic) bond motifs is 5. The predicted molar refractivity (Wildman–Crippen MR) is 112 cm³/mol. The molecule has 2 atom stereocenters. The normalized spacial score (nSPS) is 24.5. The molecule has 7 nitrogen and oxygen atoms in total. The average molecular weight is 404 g/mol. The van der Waals surface area contributed by atoms with E-state index in [9.17, 15) is 4.79 Å². The van der Waals surface area contributed by atoms with Crippen molar-refractivity contribution >= 4 is 6.09 Å². The van der Waals surface area contributed by atoms with E-state index in [0.717, 1.165) is 12.8 Å².